The number of benzene rings is 2. The summed E-state index contributed by atoms with van der Waals surface area (Å²) in [6, 6.07) is 20.3. The number of ether oxygens (including phenoxy) is 1. The number of fused-ring (bicyclic) bond motifs is 2. The lowest BCUT2D eigenvalue weighted by Gasteiger charge is -2.36. The van der Waals surface area contributed by atoms with E-state index in [9.17, 15) is 4.79 Å². The van der Waals surface area contributed by atoms with Gasteiger partial charge in [-0.05, 0) is 36.9 Å². The maximum atomic E-state index is 11.5. The normalized spacial score (nSPS) is 14.8. The van der Waals surface area contributed by atoms with E-state index in [0.717, 1.165) is 56.5 Å². The van der Waals surface area contributed by atoms with Crippen LogP contribution in [0.2, 0.25) is 0 Å². The third-order valence-electron chi connectivity index (χ3n) is 6.18. The van der Waals surface area contributed by atoms with Gasteiger partial charge in [0, 0.05) is 61.0 Å². The molecule has 1 aliphatic heterocycles. The van der Waals surface area contributed by atoms with Crippen molar-refractivity contribution < 1.29 is 4.74 Å². The minimum absolute atomic E-state index is 0.116. The van der Waals surface area contributed by atoms with Gasteiger partial charge in [0.15, 0.2) is 0 Å². The molecule has 6 nitrogen and oxygen atoms in total. The van der Waals surface area contributed by atoms with Crippen LogP contribution in [0.4, 0.5) is 5.69 Å². The zero-order valence-electron chi connectivity index (χ0n) is 18.2. The third kappa shape index (κ3) is 4.60. The molecular weight excluding hydrogens is 400 g/mol. The predicted molar refractivity (Wildman–Crippen MR) is 130 cm³/mol. The van der Waals surface area contributed by atoms with Crippen molar-refractivity contribution in [2.75, 3.05) is 44.2 Å². The molecule has 4 aromatic rings. The predicted octanol–water partition coefficient (Wildman–Crippen LogP) is 4.06. The van der Waals surface area contributed by atoms with Crippen LogP contribution in [0.25, 0.3) is 21.7 Å². The second kappa shape index (κ2) is 9.40. The summed E-state index contributed by atoms with van der Waals surface area (Å²) < 4.78 is 5.80. The summed E-state index contributed by atoms with van der Waals surface area (Å²) in [5.74, 6) is 0.558. The second-order valence-electron chi connectivity index (χ2n) is 8.31. The molecule has 0 bridgehead atoms. The molecule has 0 amide bonds. The Morgan fingerprint density at radius 2 is 1.75 bits per heavy atom. The molecule has 1 aliphatic rings. The van der Waals surface area contributed by atoms with Gasteiger partial charge in [0.25, 0.3) is 0 Å². The highest BCUT2D eigenvalue weighted by Crippen LogP contribution is 2.27. The van der Waals surface area contributed by atoms with Gasteiger partial charge >= 0.3 is 0 Å². The highest BCUT2D eigenvalue weighted by atomic mass is 16.5. The Morgan fingerprint density at radius 1 is 0.906 bits per heavy atom. The van der Waals surface area contributed by atoms with Crippen molar-refractivity contribution in [2.24, 2.45) is 0 Å². The first-order valence-electron chi connectivity index (χ1n) is 11.3. The molecule has 1 saturated heterocycles. The summed E-state index contributed by atoms with van der Waals surface area (Å²) >= 11 is 0. The fraction of sp³-hybridized carbons (Fsp3) is 0.308. The number of rotatable bonds is 7. The topological polar surface area (TPSA) is 61.5 Å². The van der Waals surface area contributed by atoms with Gasteiger partial charge in [-0.15, -0.1) is 0 Å². The van der Waals surface area contributed by atoms with E-state index in [1.54, 1.807) is 18.3 Å². The van der Waals surface area contributed by atoms with Crippen LogP contribution in [0, 0.1) is 0 Å². The lowest BCUT2D eigenvalue weighted by atomic mass is 10.1. The SMILES string of the molecule is O=c1ccc2cnc(OCCCCN3CCN(c4cccc5ccccc45)CC3)cc2[nH]1. The maximum absolute atomic E-state index is 11.5. The molecule has 32 heavy (non-hydrogen) atoms. The Balaban J connectivity index is 1.06. The van der Waals surface area contributed by atoms with Crippen molar-refractivity contribution in [3.05, 3.63) is 77.2 Å². The van der Waals surface area contributed by atoms with E-state index in [0.29, 0.717) is 12.5 Å². The van der Waals surface area contributed by atoms with Gasteiger partial charge in [-0.3, -0.25) is 9.69 Å². The molecule has 3 heterocycles. The smallest absolute Gasteiger partial charge is 0.248 e. The van der Waals surface area contributed by atoms with E-state index in [1.165, 1.54) is 22.5 Å². The minimum Gasteiger partial charge on any atom is -0.478 e. The average molecular weight is 429 g/mol. The number of anilines is 1. The van der Waals surface area contributed by atoms with Gasteiger partial charge in [0.05, 0.1) is 12.1 Å². The van der Waals surface area contributed by atoms with Crippen LogP contribution in [-0.4, -0.2) is 54.2 Å². The first-order valence-corrected chi connectivity index (χ1v) is 11.3. The van der Waals surface area contributed by atoms with E-state index in [2.05, 4.69) is 62.2 Å². The molecule has 1 N–H and O–H groups in total. The Kier molecular flexibility index (Phi) is 6.03. The molecule has 2 aromatic carbocycles. The number of nitrogens with zero attached hydrogens (tertiary/aromatic N) is 3. The lowest BCUT2D eigenvalue weighted by Crippen LogP contribution is -2.46. The molecule has 6 heteroatoms. The Hall–Kier alpha value is -3.38. The highest BCUT2D eigenvalue weighted by Gasteiger charge is 2.18. The first kappa shape index (κ1) is 20.5. The lowest BCUT2D eigenvalue weighted by molar-refractivity contribution is 0.237. The number of H-pyrrole nitrogens is 1. The van der Waals surface area contributed by atoms with Gasteiger partial charge in [0.1, 0.15) is 0 Å². The number of aromatic amines is 1. The number of hydrogen-bond donors (Lipinski definition) is 1. The number of unbranched alkanes of at least 4 members (excludes halogenated alkanes) is 1. The molecule has 0 radical (unpaired) electrons. The maximum Gasteiger partial charge on any atom is 0.248 e. The van der Waals surface area contributed by atoms with Crippen molar-refractivity contribution >= 4 is 27.4 Å². The monoisotopic (exact) mass is 428 g/mol. The largest absolute Gasteiger partial charge is 0.478 e. The van der Waals surface area contributed by atoms with E-state index in [1.807, 2.05) is 0 Å². The van der Waals surface area contributed by atoms with Crippen LogP contribution in [0.5, 0.6) is 5.88 Å². The van der Waals surface area contributed by atoms with Crippen LogP contribution >= 0.6 is 0 Å². The van der Waals surface area contributed by atoms with Crippen molar-refractivity contribution in [3.63, 3.8) is 0 Å². The second-order valence-corrected chi connectivity index (χ2v) is 8.31. The fourth-order valence-corrected chi connectivity index (χ4v) is 4.42. The molecule has 1 fully saturated rings. The van der Waals surface area contributed by atoms with E-state index < -0.39 is 0 Å². The van der Waals surface area contributed by atoms with E-state index in [4.69, 9.17) is 4.74 Å². The molecular formula is C26H28N4O2. The standard InChI is InChI=1S/C26H28N4O2/c31-25-11-10-21-19-27-26(18-23(21)28-25)32-17-4-3-12-29-13-15-30(16-14-29)24-9-5-7-20-6-1-2-8-22(20)24/h1-2,5-11,18-19H,3-4,12-17H2,(H,28,31). The summed E-state index contributed by atoms with van der Waals surface area (Å²) in [5.41, 5.74) is 1.99. The zero-order chi connectivity index (χ0) is 21.8. The van der Waals surface area contributed by atoms with Gasteiger partial charge in [-0.25, -0.2) is 4.98 Å². The summed E-state index contributed by atoms with van der Waals surface area (Å²) in [5, 5.41) is 3.55. The third-order valence-corrected chi connectivity index (χ3v) is 6.18. The van der Waals surface area contributed by atoms with Crippen molar-refractivity contribution in [3.8, 4) is 5.88 Å². The number of hydrogen-bond acceptors (Lipinski definition) is 5. The Bertz CT molecular complexity index is 1260. The molecule has 0 atom stereocenters. The van der Waals surface area contributed by atoms with Crippen molar-refractivity contribution in [1.29, 1.82) is 0 Å². The van der Waals surface area contributed by atoms with Crippen LogP contribution in [0.3, 0.4) is 0 Å². The molecule has 0 saturated carbocycles. The van der Waals surface area contributed by atoms with Crippen LogP contribution in [-0.2, 0) is 0 Å². The van der Waals surface area contributed by atoms with Gasteiger partial charge in [-0.2, -0.15) is 0 Å². The molecule has 0 aliphatic carbocycles. The Labute approximate surface area is 187 Å². The molecule has 0 unspecified atom stereocenters. The first-order chi connectivity index (χ1) is 15.8. The highest BCUT2D eigenvalue weighted by molar-refractivity contribution is 5.94. The van der Waals surface area contributed by atoms with Gasteiger partial charge in [-0.1, -0.05) is 36.4 Å². The number of piperazine rings is 1. The van der Waals surface area contributed by atoms with E-state index in [-0.39, 0.29) is 5.56 Å². The zero-order valence-corrected chi connectivity index (χ0v) is 18.2. The van der Waals surface area contributed by atoms with Gasteiger partial charge in [0.2, 0.25) is 11.4 Å². The molecule has 0 spiro atoms. The van der Waals surface area contributed by atoms with Crippen LogP contribution in [0.15, 0.2) is 71.7 Å². The Morgan fingerprint density at radius 3 is 2.66 bits per heavy atom. The number of nitrogens with one attached hydrogen (secondary N) is 1. The fourth-order valence-electron chi connectivity index (χ4n) is 4.42. The number of aromatic nitrogens is 2. The minimum atomic E-state index is -0.116. The molecule has 164 valence electrons. The van der Waals surface area contributed by atoms with Gasteiger partial charge < -0.3 is 14.6 Å². The summed E-state index contributed by atoms with van der Waals surface area (Å²) in [6.45, 7) is 6.01. The quantitative estimate of drug-likeness (QED) is 0.450. The van der Waals surface area contributed by atoms with Crippen molar-refractivity contribution in [2.45, 2.75) is 12.8 Å². The summed E-state index contributed by atoms with van der Waals surface area (Å²) in [4.78, 5) is 23.7. The average Bonchev–Trinajstić information content (AvgIpc) is 2.83. The molecule has 5 rings (SSSR count). The van der Waals surface area contributed by atoms with E-state index >= 15 is 0 Å². The molecule has 2 aromatic heterocycles. The van der Waals surface area contributed by atoms with Crippen LogP contribution < -0.4 is 15.2 Å². The van der Waals surface area contributed by atoms with Crippen LogP contribution in [0.1, 0.15) is 12.8 Å². The summed E-state index contributed by atoms with van der Waals surface area (Å²) in [6.07, 6.45) is 3.81. The number of pyridine rings is 2. The summed E-state index contributed by atoms with van der Waals surface area (Å²) in [7, 11) is 0. The van der Waals surface area contributed by atoms with Crippen molar-refractivity contribution in [1.82, 2.24) is 14.9 Å².